The second kappa shape index (κ2) is 4.07. The number of carbonyl (C=O) groups excluding carboxylic acids is 1. The van der Waals surface area contributed by atoms with Gasteiger partial charge in [0, 0.05) is 9.13 Å². The van der Waals surface area contributed by atoms with Crippen LogP contribution in [0.5, 0.6) is 0 Å². The van der Waals surface area contributed by atoms with Gasteiger partial charge in [-0.2, -0.15) is 13.2 Å². The van der Waals surface area contributed by atoms with E-state index in [0.29, 0.717) is 6.07 Å². The molecule has 1 aromatic rings. The molecule has 0 aliphatic rings. The number of halogens is 5. The van der Waals surface area contributed by atoms with E-state index in [1.54, 1.807) is 22.6 Å². The number of hydrogen-bond acceptors (Lipinski definition) is 1. The van der Waals surface area contributed by atoms with Crippen molar-refractivity contribution < 1.29 is 22.4 Å². The summed E-state index contributed by atoms with van der Waals surface area (Å²) in [6, 6.07) is 1.85. The molecule has 0 aliphatic heterocycles. The Morgan fingerprint density at radius 3 is 2.20 bits per heavy atom. The molecule has 0 radical (unpaired) electrons. The first-order valence-corrected chi connectivity index (χ1v) is 4.89. The van der Waals surface area contributed by atoms with Crippen molar-refractivity contribution in [2.45, 2.75) is 13.1 Å². The summed E-state index contributed by atoms with van der Waals surface area (Å²) in [5.74, 6) is -2.22. The van der Waals surface area contributed by atoms with Gasteiger partial charge in [-0.25, -0.2) is 4.39 Å². The van der Waals surface area contributed by atoms with Gasteiger partial charge in [0.15, 0.2) is 5.78 Å². The molecule has 15 heavy (non-hydrogen) atoms. The summed E-state index contributed by atoms with van der Waals surface area (Å²) >= 11 is 1.57. The molecule has 0 amide bonds. The summed E-state index contributed by atoms with van der Waals surface area (Å²) in [6.07, 6.45) is -4.85. The van der Waals surface area contributed by atoms with Gasteiger partial charge >= 0.3 is 6.18 Å². The first kappa shape index (κ1) is 12.4. The maximum atomic E-state index is 13.0. The van der Waals surface area contributed by atoms with Gasteiger partial charge < -0.3 is 0 Å². The molecule has 0 N–H and O–H groups in total. The standard InChI is InChI=1S/C9H5F4IO/c1-4(15)7-6(14)3-2-5(10)8(7)9(11,12)13/h2-3H,1H3. The Hall–Kier alpha value is -0.660. The van der Waals surface area contributed by atoms with Gasteiger partial charge in [0.1, 0.15) is 11.4 Å². The molecule has 0 saturated heterocycles. The van der Waals surface area contributed by atoms with E-state index in [4.69, 9.17) is 0 Å². The van der Waals surface area contributed by atoms with E-state index < -0.39 is 28.9 Å². The Labute approximate surface area is 96.6 Å². The number of carbonyl (C=O) groups is 1. The minimum atomic E-state index is -4.85. The van der Waals surface area contributed by atoms with E-state index in [2.05, 4.69) is 0 Å². The van der Waals surface area contributed by atoms with E-state index in [1.807, 2.05) is 0 Å². The first-order valence-electron chi connectivity index (χ1n) is 3.81. The third-order valence-corrected chi connectivity index (χ3v) is 2.64. The molecule has 6 heteroatoms. The molecule has 0 atom stereocenters. The average molecular weight is 332 g/mol. The molecule has 0 spiro atoms. The Morgan fingerprint density at radius 1 is 1.33 bits per heavy atom. The predicted molar refractivity (Wildman–Crippen MR) is 54.1 cm³/mol. The normalized spacial score (nSPS) is 11.6. The highest BCUT2D eigenvalue weighted by Gasteiger charge is 2.38. The highest BCUT2D eigenvalue weighted by molar-refractivity contribution is 14.1. The fraction of sp³-hybridized carbons (Fsp3) is 0.222. The van der Waals surface area contributed by atoms with Crippen LogP contribution >= 0.6 is 22.6 Å². The summed E-state index contributed by atoms with van der Waals surface area (Å²) in [5.41, 5.74) is -2.09. The second-order valence-electron chi connectivity index (χ2n) is 2.83. The number of ketones is 1. The number of rotatable bonds is 1. The third-order valence-electron chi connectivity index (χ3n) is 1.74. The lowest BCUT2D eigenvalue weighted by atomic mass is 10.0. The van der Waals surface area contributed by atoms with Gasteiger partial charge in [-0.3, -0.25) is 4.79 Å². The van der Waals surface area contributed by atoms with Crippen molar-refractivity contribution in [1.29, 1.82) is 0 Å². The van der Waals surface area contributed by atoms with E-state index in [1.165, 1.54) is 0 Å². The molecule has 0 heterocycles. The van der Waals surface area contributed by atoms with E-state index >= 15 is 0 Å². The van der Waals surface area contributed by atoms with Gasteiger partial charge in [-0.15, -0.1) is 0 Å². The van der Waals surface area contributed by atoms with Crippen molar-refractivity contribution in [2.75, 3.05) is 0 Å². The smallest absolute Gasteiger partial charge is 0.294 e. The summed E-state index contributed by atoms with van der Waals surface area (Å²) < 4.78 is 50.5. The lowest BCUT2D eigenvalue weighted by Gasteiger charge is -2.13. The number of alkyl halides is 3. The first-order chi connectivity index (χ1) is 6.75. The second-order valence-corrected chi connectivity index (χ2v) is 4.00. The van der Waals surface area contributed by atoms with Crippen LogP contribution in [0.2, 0.25) is 0 Å². The summed E-state index contributed by atoms with van der Waals surface area (Å²) in [7, 11) is 0. The quantitative estimate of drug-likeness (QED) is 0.436. The molecule has 82 valence electrons. The molecule has 1 nitrogen and oxygen atoms in total. The monoisotopic (exact) mass is 332 g/mol. The van der Waals surface area contributed by atoms with Gasteiger partial charge in [0.05, 0.1) is 0 Å². The maximum Gasteiger partial charge on any atom is 0.419 e. The molecule has 0 aliphatic carbocycles. The van der Waals surface area contributed by atoms with Crippen LogP contribution in [0.3, 0.4) is 0 Å². The molecule has 1 aromatic carbocycles. The van der Waals surface area contributed by atoms with E-state index in [9.17, 15) is 22.4 Å². The van der Waals surface area contributed by atoms with Crippen LogP contribution in [0.15, 0.2) is 12.1 Å². The van der Waals surface area contributed by atoms with Gasteiger partial charge in [-0.05, 0) is 41.6 Å². The Bertz CT molecular complexity index is 411. The zero-order chi connectivity index (χ0) is 11.8. The predicted octanol–water partition coefficient (Wildman–Crippen LogP) is 3.65. The summed E-state index contributed by atoms with van der Waals surface area (Å²) in [4.78, 5) is 11.0. The average Bonchev–Trinajstić information content (AvgIpc) is 2.05. The Kier molecular flexibility index (Phi) is 3.37. The van der Waals surface area contributed by atoms with Crippen LogP contribution in [0.4, 0.5) is 17.6 Å². The van der Waals surface area contributed by atoms with Crippen LogP contribution in [0.1, 0.15) is 22.8 Å². The fourth-order valence-corrected chi connectivity index (χ4v) is 2.00. The molecule has 0 saturated carbocycles. The largest absolute Gasteiger partial charge is 0.419 e. The van der Waals surface area contributed by atoms with Crippen LogP contribution < -0.4 is 0 Å². The topological polar surface area (TPSA) is 17.1 Å². The van der Waals surface area contributed by atoms with Crippen molar-refractivity contribution in [3.05, 3.63) is 32.6 Å². The van der Waals surface area contributed by atoms with Gasteiger partial charge in [-0.1, -0.05) is 0 Å². The van der Waals surface area contributed by atoms with Crippen molar-refractivity contribution in [1.82, 2.24) is 0 Å². The molecule has 1 rings (SSSR count). The van der Waals surface area contributed by atoms with Crippen LogP contribution in [-0.4, -0.2) is 5.78 Å². The van der Waals surface area contributed by atoms with Crippen LogP contribution in [0.25, 0.3) is 0 Å². The van der Waals surface area contributed by atoms with Crippen molar-refractivity contribution in [3.8, 4) is 0 Å². The summed E-state index contributed by atoms with van der Waals surface area (Å²) in [6.45, 7) is 0.978. The minimum absolute atomic E-state index is 0.0915. The SMILES string of the molecule is CC(=O)c1c(I)ccc(F)c1C(F)(F)F. The van der Waals surface area contributed by atoms with Crippen molar-refractivity contribution >= 4 is 28.4 Å². The van der Waals surface area contributed by atoms with Gasteiger partial charge in [0.25, 0.3) is 0 Å². The number of hydrogen-bond donors (Lipinski definition) is 0. The Morgan fingerprint density at radius 2 is 1.87 bits per heavy atom. The maximum absolute atomic E-state index is 13.0. The lowest BCUT2D eigenvalue weighted by molar-refractivity contribution is -0.140. The summed E-state index contributed by atoms with van der Waals surface area (Å²) in [5, 5.41) is 0. The number of benzene rings is 1. The van der Waals surface area contributed by atoms with E-state index in [-0.39, 0.29) is 3.57 Å². The molecule has 0 unspecified atom stereocenters. The van der Waals surface area contributed by atoms with Crippen molar-refractivity contribution in [2.24, 2.45) is 0 Å². The minimum Gasteiger partial charge on any atom is -0.294 e. The van der Waals surface area contributed by atoms with E-state index in [0.717, 1.165) is 13.0 Å². The highest BCUT2D eigenvalue weighted by atomic mass is 127. The molecular weight excluding hydrogens is 327 g/mol. The fourth-order valence-electron chi connectivity index (χ4n) is 1.17. The van der Waals surface area contributed by atoms with Crippen molar-refractivity contribution in [3.63, 3.8) is 0 Å². The van der Waals surface area contributed by atoms with Crippen LogP contribution in [0, 0.1) is 9.39 Å². The van der Waals surface area contributed by atoms with Gasteiger partial charge in [0.2, 0.25) is 0 Å². The highest BCUT2D eigenvalue weighted by Crippen LogP contribution is 2.36. The molecule has 0 aromatic heterocycles. The Balaban J connectivity index is 3.60. The molecular formula is C9H5F4IO. The zero-order valence-electron chi connectivity index (χ0n) is 7.45. The lowest BCUT2D eigenvalue weighted by Crippen LogP contribution is -2.15. The van der Waals surface area contributed by atoms with Crippen LogP contribution in [-0.2, 0) is 6.18 Å². The molecule has 0 bridgehead atoms. The number of Topliss-reactive ketones (excluding diaryl/α,β-unsaturated/α-hetero) is 1. The molecule has 0 fully saturated rings. The zero-order valence-corrected chi connectivity index (χ0v) is 9.61. The third kappa shape index (κ3) is 2.47.